The van der Waals surface area contributed by atoms with Gasteiger partial charge in [-0.1, -0.05) is 12.1 Å². The van der Waals surface area contributed by atoms with Crippen molar-refractivity contribution in [3.8, 4) is 11.8 Å². The van der Waals surface area contributed by atoms with E-state index in [9.17, 15) is 4.79 Å². The zero-order valence-electron chi connectivity index (χ0n) is 10.7. The van der Waals surface area contributed by atoms with Crippen molar-refractivity contribution in [3.63, 3.8) is 0 Å². The minimum absolute atomic E-state index is 0.000916. The molecule has 0 spiro atoms. The number of aromatic hydroxyl groups is 1. The predicted octanol–water partition coefficient (Wildman–Crippen LogP) is 1.14. The lowest BCUT2D eigenvalue weighted by Gasteiger charge is -2.18. The number of likely N-dealkylation sites (N-methyl/N-ethyl adjacent to an activating group) is 1. The predicted molar refractivity (Wildman–Crippen MR) is 71.0 cm³/mol. The van der Waals surface area contributed by atoms with Gasteiger partial charge in [-0.2, -0.15) is 5.26 Å². The Balaban J connectivity index is 2.96. The quantitative estimate of drug-likeness (QED) is 0.614. The molecular formula is C14H16N2O3. The molecule has 0 atom stereocenters. The van der Waals surface area contributed by atoms with Crippen LogP contribution in [0.4, 0.5) is 0 Å². The number of hydrogen-bond acceptors (Lipinski definition) is 4. The van der Waals surface area contributed by atoms with Crippen LogP contribution in [-0.2, 0) is 4.79 Å². The maximum Gasteiger partial charge on any atom is 0.264 e. The van der Waals surface area contributed by atoms with E-state index in [0.29, 0.717) is 12.1 Å². The molecule has 0 saturated heterocycles. The van der Waals surface area contributed by atoms with Crippen molar-refractivity contribution in [2.75, 3.05) is 19.7 Å². The van der Waals surface area contributed by atoms with E-state index < -0.39 is 5.91 Å². The van der Waals surface area contributed by atoms with Crippen molar-refractivity contribution in [1.29, 1.82) is 5.26 Å². The van der Waals surface area contributed by atoms with Crippen molar-refractivity contribution in [2.45, 2.75) is 6.92 Å². The molecule has 5 nitrogen and oxygen atoms in total. The zero-order valence-corrected chi connectivity index (χ0v) is 10.7. The lowest BCUT2D eigenvalue weighted by Crippen LogP contribution is -2.34. The van der Waals surface area contributed by atoms with Gasteiger partial charge >= 0.3 is 0 Å². The van der Waals surface area contributed by atoms with Gasteiger partial charge in [0.2, 0.25) is 0 Å². The largest absolute Gasteiger partial charge is 0.508 e. The number of carbonyl (C=O) groups is 1. The lowest BCUT2D eigenvalue weighted by molar-refractivity contribution is -0.126. The summed E-state index contributed by atoms with van der Waals surface area (Å²) in [6, 6.07) is 8.06. The normalized spacial score (nSPS) is 10.9. The third-order valence-corrected chi connectivity index (χ3v) is 2.59. The molecule has 0 heterocycles. The van der Waals surface area contributed by atoms with E-state index in [0.717, 1.165) is 0 Å². The van der Waals surface area contributed by atoms with Crippen molar-refractivity contribution in [1.82, 2.24) is 4.90 Å². The Kier molecular flexibility index (Phi) is 5.58. The number of nitrogens with zero attached hydrogens (tertiary/aromatic N) is 2. The van der Waals surface area contributed by atoms with Crippen LogP contribution in [0.2, 0.25) is 0 Å². The fourth-order valence-corrected chi connectivity index (χ4v) is 1.57. The van der Waals surface area contributed by atoms with Crippen LogP contribution < -0.4 is 0 Å². The Bertz CT molecular complexity index is 500. The molecule has 1 aromatic rings. The molecule has 1 amide bonds. The minimum Gasteiger partial charge on any atom is -0.508 e. The first-order valence-corrected chi connectivity index (χ1v) is 5.93. The molecule has 19 heavy (non-hydrogen) atoms. The Labute approximate surface area is 112 Å². The van der Waals surface area contributed by atoms with Gasteiger partial charge in [-0.15, -0.1) is 0 Å². The highest BCUT2D eigenvalue weighted by Crippen LogP contribution is 2.13. The number of carbonyl (C=O) groups excluding carboxylic acids is 1. The summed E-state index contributed by atoms with van der Waals surface area (Å²) < 4.78 is 0. The van der Waals surface area contributed by atoms with Gasteiger partial charge in [0.25, 0.3) is 5.91 Å². The average Bonchev–Trinajstić information content (AvgIpc) is 2.43. The first-order valence-electron chi connectivity index (χ1n) is 5.93. The number of rotatable bonds is 5. The standard InChI is InChI=1S/C14H16N2O3/c1-2-16(7-8-17)14(19)12(10-15)9-11-3-5-13(18)6-4-11/h3-6,9,17-18H,2,7-8H2,1H3/b12-9+. The maximum atomic E-state index is 12.0. The Morgan fingerprint density at radius 3 is 2.53 bits per heavy atom. The van der Waals surface area contributed by atoms with Gasteiger partial charge in [-0.25, -0.2) is 0 Å². The molecule has 0 fully saturated rings. The summed E-state index contributed by atoms with van der Waals surface area (Å²) in [5, 5.41) is 27.1. The number of aliphatic hydroxyl groups is 1. The second-order valence-electron chi connectivity index (χ2n) is 3.87. The molecule has 0 aliphatic heterocycles. The lowest BCUT2D eigenvalue weighted by atomic mass is 10.1. The van der Waals surface area contributed by atoms with Crippen molar-refractivity contribution < 1.29 is 15.0 Å². The molecule has 0 unspecified atom stereocenters. The molecule has 0 aliphatic carbocycles. The number of phenols is 1. The van der Waals surface area contributed by atoms with Crippen LogP contribution in [0.15, 0.2) is 29.8 Å². The second-order valence-corrected chi connectivity index (χ2v) is 3.87. The summed E-state index contributed by atoms with van der Waals surface area (Å²) in [4.78, 5) is 13.4. The van der Waals surface area contributed by atoms with E-state index in [1.165, 1.54) is 23.1 Å². The minimum atomic E-state index is -0.410. The molecule has 0 aromatic heterocycles. The maximum absolute atomic E-state index is 12.0. The van der Waals surface area contributed by atoms with Crippen LogP contribution >= 0.6 is 0 Å². The highest BCUT2D eigenvalue weighted by molar-refractivity contribution is 6.01. The monoisotopic (exact) mass is 260 g/mol. The van der Waals surface area contributed by atoms with Gasteiger partial charge in [0.05, 0.1) is 6.61 Å². The van der Waals surface area contributed by atoms with E-state index in [1.54, 1.807) is 19.1 Å². The first-order chi connectivity index (χ1) is 9.12. The van der Waals surface area contributed by atoms with Crippen molar-refractivity contribution in [3.05, 3.63) is 35.4 Å². The summed E-state index contributed by atoms with van der Waals surface area (Å²) in [5.41, 5.74) is 0.656. The first kappa shape index (κ1) is 14.7. The Morgan fingerprint density at radius 2 is 2.05 bits per heavy atom. The van der Waals surface area contributed by atoms with E-state index in [2.05, 4.69) is 0 Å². The van der Waals surface area contributed by atoms with Gasteiger partial charge < -0.3 is 15.1 Å². The highest BCUT2D eigenvalue weighted by Gasteiger charge is 2.16. The molecule has 1 rings (SSSR count). The number of benzene rings is 1. The average molecular weight is 260 g/mol. The van der Waals surface area contributed by atoms with E-state index in [4.69, 9.17) is 15.5 Å². The van der Waals surface area contributed by atoms with E-state index in [-0.39, 0.29) is 24.5 Å². The fourth-order valence-electron chi connectivity index (χ4n) is 1.57. The summed E-state index contributed by atoms with van der Waals surface area (Å²) in [5.74, 6) is -0.287. The molecule has 0 radical (unpaired) electrons. The smallest absolute Gasteiger partial charge is 0.264 e. The zero-order chi connectivity index (χ0) is 14.3. The van der Waals surface area contributed by atoms with Crippen LogP contribution in [0, 0.1) is 11.3 Å². The summed E-state index contributed by atoms with van der Waals surface area (Å²) in [6.45, 7) is 2.26. The number of phenolic OH excluding ortho intramolecular Hbond substituents is 1. The molecule has 0 bridgehead atoms. The molecule has 0 saturated carbocycles. The second kappa shape index (κ2) is 7.19. The number of hydrogen-bond donors (Lipinski definition) is 2. The van der Waals surface area contributed by atoms with Gasteiger partial charge in [-0.3, -0.25) is 4.79 Å². The van der Waals surface area contributed by atoms with Crippen LogP contribution in [-0.4, -0.2) is 40.7 Å². The Hall–Kier alpha value is -2.32. The SMILES string of the molecule is CCN(CCO)C(=O)/C(C#N)=C/c1ccc(O)cc1. The number of amides is 1. The molecular weight excluding hydrogens is 244 g/mol. The van der Waals surface area contributed by atoms with Crippen LogP contribution in [0.25, 0.3) is 6.08 Å². The summed E-state index contributed by atoms with van der Waals surface area (Å²) >= 11 is 0. The van der Waals surface area contributed by atoms with Crippen LogP contribution in [0.1, 0.15) is 12.5 Å². The van der Waals surface area contributed by atoms with Crippen molar-refractivity contribution >= 4 is 12.0 Å². The van der Waals surface area contributed by atoms with E-state index in [1.807, 2.05) is 6.07 Å². The van der Waals surface area contributed by atoms with Gasteiger partial charge in [-0.05, 0) is 30.7 Å². The molecule has 1 aromatic carbocycles. The fraction of sp³-hybridized carbons (Fsp3) is 0.286. The number of nitriles is 1. The molecule has 2 N–H and O–H groups in total. The molecule has 0 aliphatic rings. The summed E-state index contributed by atoms with van der Waals surface area (Å²) in [7, 11) is 0. The van der Waals surface area contributed by atoms with Gasteiger partial charge in [0.1, 0.15) is 17.4 Å². The Morgan fingerprint density at radius 1 is 1.42 bits per heavy atom. The summed E-state index contributed by atoms with van der Waals surface area (Å²) in [6.07, 6.45) is 1.46. The molecule has 100 valence electrons. The van der Waals surface area contributed by atoms with Crippen LogP contribution in [0.5, 0.6) is 5.75 Å². The highest BCUT2D eigenvalue weighted by atomic mass is 16.3. The van der Waals surface area contributed by atoms with Gasteiger partial charge in [0, 0.05) is 13.1 Å². The van der Waals surface area contributed by atoms with Gasteiger partial charge in [0.15, 0.2) is 0 Å². The third kappa shape index (κ3) is 4.12. The number of aliphatic hydroxyl groups excluding tert-OH is 1. The van der Waals surface area contributed by atoms with Crippen LogP contribution in [0.3, 0.4) is 0 Å². The third-order valence-electron chi connectivity index (χ3n) is 2.59. The van der Waals surface area contributed by atoms with E-state index >= 15 is 0 Å². The topological polar surface area (TPSA) is 84.6 Å². The molecule has 5 heteroatoms. The van der Waals surface area contributed by atoms with Crippen molar-refractivity contribution in [2.24, 2.45) is 0 Å².